The first-order valence-electron chi connectivity index (χ1n) is 9.54. The number of nitrogens with one attached hydrogen (secondary N) is 2. The van der Waals surface area contributed by atoms with Gasteiger partial charge in [-0.1, -0.05) is 29.8 Å². The minimum atomic E-state index is -0.694. The van der Waals surface area contributed by atoms with E-state index < -0.39 is 6.10 Å². The second-order valence-electron chi connectivity index (χ2n) is 7.00. The molecule has 3 rings (SSSR count). The monoisotopic (exact) mass is 422 g/mol. The van der Waals surface area contributed by atoms with Crippen LogP contribution in [0.4, 0.5) is 11.4 Å². The zero-order valence-electron chi connectivity index (χ0n) is 17.0. The van der Waals surface area contributed by atoms with E-state index in [0.717, 1.165) is 16.8 Å². The van der Waals surface area contributed by atoms with Gasteiger partial charge in [-0.3, -0.25) is 9.59 Å². The second-order valence-corrected chi connectivity index (χ2v) is 7.44. The number of anilines is 2. The number of carbonyl (C=O) groups excluding carboxylic acids is 2. The minimum Gasteiger partial charge on any atom is -0.481 e. The van der Waals surface area contributed by atoms with Crippen molar-refractivity contribution in [1.29, 1.82) is 0 Å². The van der Waals surface area contributed by atoms with Crippen molar-refractivity contribution < 1.29 is 14.3 Å². The average Bonchev–Trinajstić information content (AvgIpc) is 2.72. The number of amides is 2. The highest BCUT2D eigenvalue weighted by Gasteiger charge is 2.16. The first kappa shape index (κ1) is 21.4. The normalized spacial score (nSPS) is 11.5. The van der Waals surface area contributed by atoms with Crippen molar-refractivity contribution in [2.75, 3.05) is 10.6 Å². The lowest BCUT2D eigenvalue weighted by Gasteiger charge is -2.16. The summed E-state index contributed by atoms with van der Waals surface area (Å²) in [5.74, 6) is 0.0170. The van der Waals surface area contributed by atoms with Crippen LogP contribution >= 0.6 is 11.6 Å². The topological polar surface area (TPSA) is 67.4 Å². The number of carbonyl (C=O) groups is 2. The van der Waals surface area contributed by atoms with Crippen molar-refractivity contribution in [2.45, 2.75) is 26.9 Å². The largest absolute Gasteiger partial charge is 0.481 e. The number of hydrogen-bond acceptors (Lipinski definition) is 3. The molecule has 3 aromatic rings. The molecule has 0 bridgehead atoms. The molecule has 0 aliphatic rings. The molecule has 30 heavy (non-hydrogen) atoms. The third-order valence-corrected chi connectivity index (χ3v) is 4.87. The van der Waals surface area contributed by atoms with Gasteiger partial charge in [0.1, 0.15) is 5.75 Å². The quantitative estimate of drug-likeness (QED) is 0.542. The van der Waals surface area contributed by atoms with Gasteiger partial charge in [-0.25, -0.2) is 0 Å². The Kier molecular flexibility index (Phi) is 6.75. The number of ether oxygens (including phenoxy) is 1. The maximum absolute atomic E-state index is 12.5. The highest BCUT2D eigenvalue weighted by molar-refractivity contribution is 6.30. The Balaban J connectivity index is 1.60. The molecule has 5 nitrogen and oxygen atoms in total. The predicted molar refractivity (Wildman–Crippen MR) is 120 cm³/mol. The smallest absolute Gasteiger partial charge is 0.265 e. The molecule has 0 fully saturated rings. The predicted octanol–water partition coefficient (Wildman–Crippen LogP) is 5.62. The average molecular weight is 423 g/mol. The van der Waals surface area contributed by atoms with E-state index in [4.69, 9.17) is 16.3 Å². The van der Waals surface area contributed by atoms with Gasteiger partial charge in [0.2, 0.25) is 0 Å². The van der Waals surface area contributed by atoms with Gasteiger partial charge in [-0.05, 0) is 80.4 Å². The number of rotatable bonds is 6. The van der Waals surface area contributed by atoms with Gasteiger partial charge in [0, 0.05) is 22.0 Å². The van der Waals surface area contributed by atoms with Crippen molar-refractivity contribution in [1.82, 2.24) is 0 Å². The van der Waals surface area contributed by atoms with Crippen LogP contribution in [0.3, 0.4) is 0 Å². The molecule has 6 heteroatoms. The maximum Gasteiger partial charge on any atom is 0.265 e. The van der Waals surface area contributed by atoms with Gasteiger partial charge in [0.15, 0.2) is 6.10 Å². The van der Waals surface area contributed by atoms with Crippen LogP contribution in [-0.4, -0.2) is 17.9 Å². The van der Waals surface area contributed by atoms with Crippen LogP contribution in [0, 0.1) is 13.8 Å². The lowest BCUT2D eigenvalue weighted by atomic mass is 10.1. The summed E-state index contributed by atoms with van der Waals surface area (Å²) >= 11 is 5.95. The number of benzene rings is 3. The molecule has 0 aromatic heterocycles. The van der Waals surface area contributed by atoms with Crippen molar-refractivity contribution >= 4 is 34.8 Å². The molecule has 0 saturated heterocycles. The molecule has 2 amide bonds. The Morgan fingerprint density at radius 2 is 1.53 bits per heavy atom. The third-order valence-electron chi connectivity index (χ3n) is 4.64. The molecule has 154 valence electrons. The maximum atomic E-state index is 12.5. The summed E-state index contributed by atoms with van der Waals surface area (Å²) in [4.78, 5) is 24.9. The number of para-hydroxylation sites is 1. The number of aryl methyl sites for hydroxylation is 2. The molecule has 0 spiro atoms. The molecule has 1 atom stereocenters. The molecule has 3 aromatic carbocycles. The van der Waals surface area contributed by atoms with Gasteiger partial charge in [0.05, 0.1) is 0 Å². The summed E-state index contributed by atoms with van der Waals surface area (Å²) in [6.07, 6.45) is -0.694. The van der Waals surface area contributed by atoms with Crippen LogP contribution in [0.15, 0.2) is 66.7 Å². The molecular weight excluding hydrogens is 400 g/mol. The van der Waals surface area contributed by atoms with E-state index in [9.17, 15) is 9.59 Å². The summed E-state index contributed by atoms with van der Waals surface area (Å²) in [7, 11) is 0. The van der Waals surface area contributed by atoms with Crippen LogP contribution in [0.2, 0.25) is 5.02 Å². The Morgan fingerprint density at radius 1 is 0.867 bits per heavy atom. The van der Waals surface area contributed by atoms with Gasteiger partial charge < -0.3 is 15.4 Å². The van der Waals surface area contributed by atoms with Crippen molar-refractivity contribution in [3.8, 4) is 5.75 Å². The van der Waals surface area contributed by atoms with Crippen molar-refractivity contribution in [3.63, 3.8) is 0 Å². The van der Waals surface area contributed by atoms with Gasteiger partial charge >= 0.3 is 0 Å². The standard InChI is InChI=1S/C24H23ClN2O3/c1-15-6-4-5-7-21(15)26-23(28)17(3)30-20-11-8-18(9-12-20)24(29)27-22-13-10-19(25)14-16(22)2/h4-14,17H,1-3H3,(H,26,28)(H,27,29)/t17-/m1/s1. The molecule has 0 saturated carbocycles. The van der Waals surface area contributed by atoms with Crippen LogP contribution in [0.25, 0.3) is 0 Å². The Morgan fingerprint density at radius 3 is 2.20 bits per heavy atom. The molecule has 0 heterocycles. The minimum absolute atomic E-state index is 0.239. The first-order chi connectivity index (χ1) is 14.3. The lowest BCUT2D eigenvalue weighted by molar-refractivity contribution is -0.122. The molecule has 0 aliphatic carbocycles. The second kappa shape index (κ2) is 9.46. The van der Waals surface area contributed by atoms with E-state index in [1.165, 1.54) is 0 Å². The first-order valence-corrected chi connectivity index (χ1v) is 9.92. The molecule has 0 unspecified atom stereocenters. The molecular formula is C24H23ClN2O3. The van der Waals surface area contributed by atoms with Crippen LogP contribution in [0.1, 0.15) is 28.4 Å². The zero-order chi connectivity index (χ0) is 21.7. The number of hydrogen-bond donors (Lipinski definition) is 2. The van der Waals surface area contributed by atoms with Crippen LogP contribution in [0.5, 0.6) is 5.75 Å². The summed E-state index contributed by atoms with van der Waals surface area (Å²) in [5.41, 5.74) is 3.79. The van der Waals surface area contributed by atoms with Crippen LogP contribution < -0.4 is 15.4 Å². The fraction of sp³-hybridized carbons (Fsp3) is 0.167. The van der Waals surface area contributed by atoms with E-state index in [0.29, 0.717) is 22.0 Å². The summed E-state index contributed by atoms with van der Waals surface area (Å²) < 4.78 is 5.72. The van der Waals surface area contributed by atoms with E-state index >= 15 is 0 Å². The molecule has 2 N–H and O–H groups in total. The van der Waals surface area contributed by atoms with Gasteiger partial charge in [-0.15, -0.1) is 0 Å². The highest BCUT2D eigenvalue weighted by atomic mass is 35.5. The SMILES string of the molecule is Cc1cc(Cl)ccc1NC(=O)c1ccc(O[C@H](C)C(=O)Nc2ccccc2C)cc1. The Bertz CT molecular complexity index is 1060. The Labute approximate surface area is 181 Å². The van der Waals surface area contributed by atoms with Gasteiger partial charge in [-0.2, -0.15) is 0 Å². The number of halogens is 1. The summed E-state index contributed by atoms with van der Waals surface area (Å²) in [5, 5.41) is 6.34. The fourth-order valence-corrected chi connectivity index (χ4v) is 3.08. The summed E-state index contributed by atoms with van der Waals surface area (Å²) in [6, 6.07) is 19.5. The van der Waals surface area contributed by atoms with Crippen molar-refractivity contribution in [3.05, 3.63) is 88.4 Å². The zero-order valence-corrected chi connectivity index (χ0v) is 17.8. The third kappa shape index (κ3) is 5.39. The lowest BCUT2D eigenvalue weighted by Crippen LogP contribution is -2.30. The van der Waals surface area contributed by atoms with E-state index in [1.807, 2.05) is 38.1 Å². The fourth-order valence-electron chi connectivity index (χ4n) is 2.85. The van der Waals surface area contributed by atoms with Crippen LogP contribution in [-0.2, 0) is 4.79 Å². The van der Waals surface area contributed by atoms with E-state index in [1.54, 1.807) is 49.4 Å². The summed E-state index contributed by atoms with van der Waals surface area (Å²) in [6.45, 7) is 5.48. The molecule has 0 aliphatic heterocycles. The van der Waals surface area contributed by atoms with Crippen molar-refractivity contribution in [2.24, 2.45) is 0 Å². The Hall–Kier alpha value is -3.31. The molecule has 0 radical (unpaired) electrons. The highest BCUT2D eigenvalue weighted by Crippen LogP contribution is 2.21. The van der Waals surface area contributed by atoms with E-state index in [2.05, 4.69) is 10.6 Å². The van der Waals surface area contributed by atoms with Gasteiger partial charge in [0.25, 0.3) is 11.8 Å². The van der Waals surface area contributed by atoms with E-state index in [-0.39, 0.29) is 11.8 Å².